The average molecular weight is 283 g/mol. The van der Waals surface area contributed by atoms with Gasteiger partial charge in [0.05, 0.1) is 11.3 Å². The van der Waals surface area contributed by atoms with Gasteiger partial charge < -0.3 is 14.3 Å². The number of benzene rings is 1. The molecule has 0 aliphatic heterocycles. The standard InChI is InChI=1S/C16H13NO4/c1-10-13(7-4-8-17-10)20-9-12-11-5-2-3-6-14(11)21-15(12)16(18)19/h2-8H,9H2,1H3,(H,18,19). The lowest BCUT2D eigenvalue weighted by Crippen LogP contribution is -2.04. The van der Waals surface area contributed by atoms with Gasteiger partial charge in [-0.1, -0.05) is 18.2 Å². The van der Waals surface area contributed by atoms with Gasteiger partial charge in [0.2, 0.25) is 5.76 Å². The van der Waals surface area contributed by atoms with E-state index >= 15 is 0 Å². The first-order chi connectivity index (χ1) is 10.2. The van der Waals surface area contributed by atoms with Gasteiger partial charge in [-0.05, 0) is 25.1 Å². The van der Waals surface area contributed by atoms with Crippen molar-refractivity contribution < 1.29 is 19.1 Å². The molecular formula is C16H13NO4. The van der Waals surface area contributed by atoms with Gasteiger partial charge in [-0.25, -0.2) is 4.79 Å². The van der Waals surface area contributed by atoms with E-state index in [1.807, 2.05) is 19.1 Å². The molecule has 0 aliphatic carbocycles. The van der Waals surface area contributed by atoms with Crippen LogP contribution < -0.4 is 4.74 Å². The third-order valence-corrected chi connectivity index (χ3v) is 3.22. The Labute approximate surface area is 120 Å². The summed E-state index contributed by atoms with van der Waals surface area (Å²) in [5.74, 6) is -0.565. The Morgan fingerprint density at radius 2 is 2.10 bits per heavy atom. The summed E-state index contributed by atoms with van der Waals surface area (Å²) in [6.45, 7) is 1.95. The normalized spacial score (nSPS) is 10.7. The number of furan rings is 1. The molecule has 0 aliphatic rings. The highest BCUT2D eigenvalue weighted by Crippen LogP contribution is 2.27. The molecule has 0 bridgehead atoms. The number of aromatic carboxylic acids is 1. The Morgan fingerprint density at radius 3 is 2.86 bits per heavy atom. The number of pyridine rings is 1. The van der Waals surface area contributed by atoms with Crippen molar-refractivity contribution in [2.45, 2.75) is 13.5 Å². The number of hydrogen-bond acceptors (Lipinski definition) is 4. The third kappa shape index (κ3) is 2.45. The molecular weight excluding hydrogens is 270 g/mol. The van der Waals surface area contributed by atoms with Crippen LogP contribution in [0.2, 0.25) is 0 Å². The Hall–Kier alpha value is -2.82. The maximum absolute atomic E-state index is 11.3. The highest BCUT2D eigenvalue weighted by molar-refractivity contribution is 5.95. The van der Waals surface area contributed by atoms with Crippen LogP contribution in [0.25, 0.3) is 11.0 Å². The van der Waals surface area contributed by atoms with Crippen LogP contribution in [0.4, 0.5) is 0 Å². The monoisotopic (exact) mass is 283 g/mol. The van der Waals surface area contributed by atoms with Gasteiger partial charge >= 0.3 is 5.97 Å². The Bertz CT molecular complexity index is 807. The maximum atomic E-state index is 11.3. The Balaban J connectivity index is 1.98. The van der Waals surface area contributed by atoms with Gasteiger partial charge in [-0.3, -0.25) is 4.98 Å². The van der Waals surface area contributed by atoms with Gasteiger partial charge in [0.15, 0.2) is 0 Å². The number of para-hydroxylation sites is 1. The predicted molar refractivity (Wildman–Crippen MR) is 76.5 cm³/mol. The Morgan fingerprint density at radius 1 is 1.29 bits per heavy atom. The van der Waals surface area contributed by atoms with Gasteiger partial charge in [0.1, 0.15) is 17.9 Å². The smallest absolute Gasteiger partial charge is 0.372 e. The number of carboxylic acids is 1. The van der Waals surface area contributed by atoms with Crippen LogP contribution in [0.15, 0.2) is 47.0 Å². The van der Waals surface area contributed by atoms with Crippen molar-refractivity contribution in [2.24, 2.45) is 0 Å². The summed E-state index contributed by atoms with van der Waals surface area (Å²) in [5.41, 5.74) is 1.82. The molecule has 0 atom stereocenters. The second-order valence-corrected chi connectivity index (χ2v) is 4.59. The second kappa shape index (κ2) is 5.28. The van der Waals surface area contributed by atoms with E-state index in [-0.39, 0.29) is 12.4 Å². The van der Waals surface area contributed by atoms with E-state index < -0.39 is 5.97 Å². The number of carboxylic acid groups (broad SMARTS) is 1. The van der Waals surface area contributed by atoms with Gasteiger partial charge in [0, 0.05) is 11.6 Å². The van der Waals surface area contributed by atoms with Crippen LogP contribution in [-0.4, -0.2) is 16.1 Å². The maximum Gasteiger partial charge on any atom is 0.372 e. The molecule has 3 aromatic rings. The van der Waals surface area contributed by atoms with Crippen molar-refractivity contribution in [3.8, 4) is 5.75 Å². The molecule has 2 heterocycles. The summed E-state index contributed by atoms with van der Waals surface area (Å²) in [7, 11) is 0. The topological polar surface area (TPSA) is 72.6 Å². The highest BCUT2D eigenvalue weighted by atomic mass is 16.5. The van der Waals surface area contributed by atoms with E-state index in [1.165, 1.54) is 0 Å². The molecule has 106 valence electrons. The zero-order valence-electron chi connectivity index (χ0n) is 11.4. The van der Waals surface area contributed by atoms with Gasteiger partial charge in [-0.15, -0.1) is 0 Å². The number of rotatable bonds is 4. The zero-order valence-corrected chi connectivity index (χ0v) is 11.4. The largest absolute Gasteiger partial charge is 0.487 e. The van der Waals surface area contributed by atoms with Gasteiger partial charge in [-0.2, -0.15) is 0 Å². The van der Waals surface area contributed by atoms with E-state index in [4.69, 9.17) is 9.15 Å². The van der Waals surface area contributed by atoms with E-state index in [2.05, 4.69) is 4.98 Å². The fraction of sp³-hybridized carbons (Fsp3) is 0.125. The van der Waals surface area contributed by atoms with E-state index in [1.54, 1.807) is 30.5 Å². The lowest BCUT2D eigenvalue weighted by molar-refractivity contribution is 0.0661. The molecule has 3 rings (SSSR count). The minimum Gasteiger partial charge on any atom is -0.487 e. The number of aryl methyl sites for hydroxylation is 1. The first-order valence-corrected chi connectivity index (χ1v) is 6.45. The molecule has 0 saturated carbocycles. The van der Waals surface area contributed by atoms with Crippen LogP contribution in [0.1, 0.15) is 21.8 Å². The highest BCUT2D eigenvalue weighted by Gasteiger charge is 2.20. The number of carbonyl (C=O) groups is 1. The van der Waals surface area contributed by atoms with E-state index in [0.29, 0.717) is 16.9 Å². The summed E-state index contributed by atoms with van der Waals surface area (Å²) in [5, 5.41) is 10.0. The molecule has 5 heteroatoms. The van der Waals surface area contributed by atoms with Crippen LogP contribution in [0, 0.1) is 6.92 Å². The minimum absolute atomic E-state index is 0.0854. The first-order valence-electron chi connectivity index (χ1n) is 6.45. The van der Waals surface area contributed by atoms with Crippen molar-refractivity contribution in [3.05, 3.63) is 59.6 Å². The van der Waals surface area contributed by atoms with Gasteiger partial charge in [0.25, 0.3) is 0 Å². The molecule has 0 spiro atoms. The van der Waals surface area contributed by atoms with Crippen molar-refractivity contribution in [3.63, 3.8) is 0 Å². The fourth-order valence-electron chi connectivity index (χ4n) is 2.19. The number of fused-ring (bicyclic) bond motifs is 1. The van der Waals surface area contributed by atoms with Crippen LogP contribution in [0.5, 0.6) is 5.75 Å². The van der Waals surface area contributed by atoms with Crippen molar-refractivity contribution in [1.82, 2.24) is 4.98 Å². The zero-order chi connectivity index (χ0) is 14.8. The van der Waals surface area contributed by atoms with Crippen molar-refractivity contribution in [2.75, 3.05) is 0 Å². The van der Waals surface area contributed by atoms with Crippen LogP contribution in [0.3, 0.4) is 0 Å². The predicted octanol–water partition coefficient (Wildman–Crippen LogP) is 3.41. The Kier molecular flexibility index (Phi) is 3.31. The molecule has 0 unspecified atom stereocenters. The summed E-state index contributed by atoms with van der Waals surface area (Å²) in [4.78, 5) is 15.4. The van der Waals surface area contributed by atoms with Crippen LogP contribution in [-0.2, 0) is 6.61 Å². The molecule has 5 nitrogen and oxygen atoms in total. The quantitative estimate of drug-likeness (QED) is 0.794. The van der Waals surface area contributed by atoms with E-state index in [9.17, 15) is 9.90 Å². The number of ether oxygens (including phenoxy) is 1. The lowest BCUT2D eigenvalue weighted by Gasteiger charge is -2.07. The molecule has 0 saturated heterocycles. The molecule has 1 N–H and O–H groups in total. The molecule has 1 aromatic carbocycles. The summed E-state index contributed by atoms with van der Waals surface area (Å²) >= 11 is 0. The summed E-state index contributed by atoms with van der Waals surface area (Å²) < 4.78 is 11.1. The molecule has 0 amide bonds. The molecule has 21 heavy (non-hydrogen) atoms. The third-order valence-electron chi connectivity index (χ3n) is 3.22. The van der Waals surface area contributed by atoms with Crippen molar-refractivity contribution >= 4 is 16.9 Å². The average Bonchev–Trinajstić information content (AvgIpc) is 2.85. The summed E-state index contributed by atoms with van der Waals surface area (Å²) in [6, 6.07) is 10.8. The summed E-state index contributed by atoms with van der Waals surface area (Å²) in [6.07, 6.45) is 1.68. The van der Waals surface area contributed by atoms with Crippen LogP contribution >= 0.6 is 0 Å². The first kappa shape index (κ1) is 13.2. The number of hydrogen-bond donors (Lipinski definition) is 1. The second-order valence-electron chi connectivity index (χ2n) is 4.59. The molecule has 0 radical (unpaired) electrons. The minimum atomic E-state index is -1.10. The number of aromatic nitrogens is 1. The molecule has 2 aromatic heterocycles. The SMILES string of the molecule is Cc1ncccc1OCc1c(C(=O)O)oc2ccccc12. The lowest BCUT2D eigenvalue weighted by atomic mass is 10.1. The molecule has 0 fully saturated rings. The van der Waals surface area contributed by atoms with E-state index in [0.717, 1.165) is 11.1 Å². The fourth-order valence-corrected chi connectivity index (χ4v) is 2.19. The van der Waals surface area contributed by atoms with Crippen molar-refractivity contribution in [1.29, 1.82) is 0 Å². The number of nitrogens with zero attached hydrogens (tertiary/aromatic N) is 1.